The van der Waals surface area contributed by atoms with E-state index in [1.54, 1.807) is 0 Å². The highest BCUT2D eigenvalue weighted by molar-refractivity contribution is 8.00. The third-order valence-electron chi connectivity index (χ3n) is 2.27. The summed E-state index contributed by atoms with van der Waals surface area (Å²) in [5.74, 6) is -1.00. The molecule has 0 aliphatic heterocycles. The van der Waals surface area contributed by atoms with Crippen LogP contribution in [0.2, 0.25) is 0 Å². The Kier molecular flexibility index (Phi) is 5.07. The molecule has 0 saturated carbocycles. The predicted molar refractivity (Wildman–Crippen MR) is 63.6 cm³/mol. The molecule has 0 heterocycles. The first-order valence-electron chi connectivity index (χ1n) is 5.41. The summed E-state index contributed by atoms with van der Waals surface area (Å²) in [4.78, 5) is 11.3. The van der Waals surface area contributed by atoms with E-state index in [0.29, 0.717) is 17.7 Å². The molecule has 1 unspecified atom stereocenters. The molecule has 1 N–H and O–H groups in total. The highest BCUT2D eigenvalue weighted by atomic mass is 32.2. The molecule has 1 aromatic carbocycles. The van der Waals surface area contributed by atoms with Crippen LogP contribution in [0.5, 0.6) is 0 Å². The van der Waals surface area contributed by atoms with Gasteiger partial charge in [0, 0.05) is 4.90 Å². The smallest absolute Gasteiger partial charge is 0.416 e. The molecule has 18 heavy (non-hydrogen) atoms. The first-order chi connectivity index (χ1) is 8.34. The highest BCUT2D eigenvalue weighted by Gasteiger charge is 2.30. The maximum atomic E-state index is 12.5. The van der Waals surface area contributed by atoms with Gasteiger partial charge in [0.1, 0.15) is 5.25 Å². The Morgan fingerprint density at radius 1 is 1.44 bits per heavy atom. The van der Waals surface area contributed by atoms with Gasteiger partial charge in [-0.25, -0.2) is 0 Å². The normalized spacial score (nSPS) is 13.3. The number of benzene rings is 1. The van der Waals surface area contributed by atoms with Gasteiger partial charge in [0.05, 0.1) is 5.56 Å². The molecule has 0 fully saturated rings. The summed E-state index contributed by atoms with van der Waals surface area (Å²) in [5, 5.41) is 8.24. The van der Waals surface area contributed by atoms with Crippen LogP contribution in [0.25, 0.3) is 0 Å². The number of thioether (sulfide) groups is 1. The molecule has 1 rings (SSSR count). The molecule has 0 aliphatic carbocycles. The van der Waals surface area contributed by atoms with Crippen LogP contribution in [-0.4, -0.2) is 16.3 Å². The minimum absolute atomic E-state index is 0.325. The van der Waals surface area contributed by atoms with Gasteiger partial charge in [-0.1, -0.05) is 19.4 Å². The summed E-state index contributed by atoms with van der Waals surface area (Å²) >= 11 is 0.952. The molecule has 0 aliphatic rings. The topological polar surface area (TPSA) is 37.3 Å². The van der Waals surface area contributed by atoms with E-state index in [1.165, 1.54) is 12.1 Å². The van der Waals surface area contributed by atoms with E-state index in [-0.39, 0.29) is 0 Å². The van der Waals surface area contributed by atoms with Crippen molar-refractivity contribution in [1.82, 2.24) is 0 Å². The van der Waals surface area contributed by atoms with Gasteiger partial charge < -0.3 is 5.11 Å². The van der Waals surface area contributed by atoms with Crippen LogP contribution in [0, 0.1) is 0 Å². The summed E-state index contributed by atoms with van der Waals surface area (Å²) in [6.45, 7) is 1.84. The molecule has 2 nitrogen and oxygen atoms in total. The van der Waals surface area contributed by atoms with Gasteiger partial charge in [0.2, 0.25) is 0 Å². The van der Waals surface area contributed by atoms with Crippen molar-refractivity contribution < 1.29 is 23.1 Å². The van der Waals surface area contributed by atoms with Crippen molar-refractivity contribution in [2.24, 2.45) is 0 Å². The van der Waals surface area contributed by atoms with Gasteiger partial charge in [-0.15, -0.1) is 11.8 Å². The number of carboxylic acids is 1. The van der Waals surface area contributed by atoms with Crippen LogP contribution >= 0.6 is 11.8 Å². The Labute approximate surface area is 107 Å². The number of rotatable bonds is 5. The van der Waals surface area contributed by atoms with Crippen LogP contribution in [0.15, 0.2) is 29.2 Å². The van der Waals surface area contributed by atoms with Gasteiger partial charge in [-0.3, -0.25) is 4.79 Å². The second-order valence-electron chi connectivity index (χ2n) is 3.76. The van der Waals surface area contributed by atoms with Crippen LogP contribution in [-0.2, 0) is 11.0 Å². The first kappa shape index (κ1) is 14.9. The Morgan fingerprint density at radius 2 is 2.11 bits per heavy atom. The van der Waals surface area contributed by atoms with E-state index in [1.807, 2.05) is 6.92 Å². The molecule has 0 spiro atoms. The molecule has 1 atom stereocenters. The molecule has 0 amide bonds. The summed E-state index contributed by atoms with van der Waals surface area (Å²) in [6.07, 6.45) is -3.31. The number of carboxylic acid groups (broad SMARTS) is 1. The standard InChI is InChI=1S/C12H13F3O2S/c1-2-4-10(11(16)17)18-9-6-3-5-8(7-9)12(13,14)15/h3,5-7,10H,2,4H2,1H3,(H,16,17). The Balaban J connectivity index is 2.87. The SMILES string of the molecule is CCCC(Sc1cccc(C(F)(F)F)c1)C(=O)O. The van der Waals surface area contributed by atoms with Crippen LogP contribution in [0.1, 0.15) is 25.3 Å². The monoisotopic (exact) mass is 278 g/mol. The maximum Gasteiger partial charge on any atom is 0.416 e. The molecule has 6 heteroatoms. The number of aliphatic carboxylic acids is 1. The van der Waals surface area contributed by atoms with Gasteiger partial charge in [-0.2, -0.15) is 13.2 Å². The summed E-state index contributed by atoms with van der Waals surface area (Å²) in [7, 11) is 0. The van der Waals surface area contributed by atoms with Crippen molar-refractivity contribution >= 4 is 17.7 Å². The Bertz CT molecular complexity index is 418. The lowest BCUT2D eigenvalue weighted by Crippen LogP contribution is -2.15. The molecule has 0 saturated heterocycles. The summed E-state index contributed by atoms with van der Waals surface area (Å²) < 4.78 is 37.5. The zero-order chi connectivity index (χ0) is 13.8. The minimum atomic E-state index is -4.40. The lowest BCUT2D eigenvalue weighted by atomic mass is 10.2. The first-order valence-corrected chi connectivity index (χ1v) is 6.29. The van der Waals surface area contributed by atoms with Crippen molar-refractivity contribution in [3.8, 4) is 0 Å². The fourth-order valence-corrected chi connectivity index (χ4v) is 2.54. The maximum absolute atomic E-state index is 12.5. The average molecular weight is 278 g/mol. The predicted octanol–water partition coefficient (Wildman–Crippen LogP) is 4.05. The minimum Gasteiger partial charge on any atom is -0.480 e. The highest BCUT2D eigenvalue weighted by Crippen LogP contribution is 2.33. The van der Waals surface area contributed by atoms with E-state index in [9.17, 15) is 18.0 Å². The summed E-state index contributed by atoms with van der Waals surface area (Å²) in [6, 6.07) is 4.73. The molecule has 100 valence electrons. The Morgan fingerprint density at radius 3 is 2.61 bits per heavy atom. The van der Waals surface area contributed by atoms with Crippen molar-refractivity contribution in [2.75, 3.05) is 0 Å². The lowest BCUT2D eigenvalue weighted by Gasteiger charge is -2.12. The van der Waals surface area contributed by atoms with Crippen LogP contribution in [0.3, 0.4) is 0 Å². The molecular formula is C12H13F3O2S. The largest absolute Gasteiger partial charge is 0.480 e. The fourth-order valence-electron chi connectivity index (χ4n) is 1.40. The van der Waals surface area contributed by atoms with Crippen LogP contribution < -0.4 is 0 Å². The molecule has 1 aromatic rings. The average Bonchev–Trinajstić information content (AvgIpc) is 2.27. The zero-order valence-corrected chi connectivity index (χ0v) is 10.5. The summed E-state index contributed by atoms with van der Waals surface area (Å²) in [5.41, 5.74) is -0.756. The molecule has 0 aromatic heterocycles. The van der Waals surface area contributed by atoms with Crippen molar-refractivity contribution in [1.29, 1.82) is 0 Å². The molecular weight excluding hydrogens is 265 g/mol. The number of hydrogen-bond acceptors (Lipinski definition) is 2. The van der Waals surface area contributed by atoms with Crippen molar-refractivity contribution in [3.05, 3.63) is 29.8 Å². The van der Waals surface area contributed by atoms with E-state index in [2.05, 4.69) is 0 Å². The van der Waals surface area contributed by atoms with Crippen LogP contribution in [0.4, 0.5) is 13.2 Å². The third kappa shape index (κ3) is 4.25. The molecule has 0 radical (unpaired) electrons. The Hall–Kier alpha value is -1.17. The molecule has 0 bridgehead atoms. The number of hydrogen-bond donors (Lipinski definition) is 1. The van der Waals surface area contributed by atoms with Crippen molar-refractivity contribution in [2.45, 2.75) is 36.1 Å². The van der Waals surface area contributed by atoms with Gasteiger partial charge in [-0.05, 0) is 24.6 Å². The van der Waals surface area contributed by atoms with E-state index >= 15 is 0 Å². The van der Waals surface area contributed by atoms with E-state index in [0.717, 1.165) is 23.9 Å². The lowest BCUT2D eigenvalue weighted by molar-refractivity contribution is -0.138. The number of alkyl halides is 3. The number of halogens is 3. The zero-order valence-electron chi connectivity index (χ0n) is 9.70. The third-order valence-corrected chi connectivity index (χ3v) is 3.51. The van der Waals surface area contributed by atoms with Gasteiger partial charge >= 0.3 is 12.1 Å². The quantitative estimate of drug-likeness (QED) is 0.825. The van der Waals surface area contributed by atoms with Gasteiger partial charge in [0.15, 0.2) is 0 Å². The van der Waals surface area contributed by atoms with E-state index < -0.39 is 23.0 Å². The second-order valence-corrected chi connectivity index (χ2v) is 5.04. The number of carbonyl (C=O) groups is 1. The fraction of sp³-hybridized carbons (Fsp3) is 0.417. The second kappa shape index (κ2) is 6.13. The van der Waals surface area contributed by atoms with Gasteiger partial charge in [0.25, 0.3) is 0 Å². The van der Waals surface area contributed by atoms with E-state index in [4.69, 9.17) is 5.11 Å². The van der Waals surface area contributed by atoms with Crippen molar-refractivity contribution in [3.63, 3.8) is 0 Å².